The topological polar surface area (TPSA) is 40.5 Å². The van der Waals surface area contributed by atoms with Gasteiger partial charge in [0.1, 0.15) is 11.5 Å². The first-order chi connectivity index (χ1) is 16.1. The van der Waals surface area contributed by atoms with Gasteiger partial charge in [0.25, 0.3) is 0 Å². The first-order valence-electron chi connectivity index (χ1n) is 11.2. The Bertz CT molecular complexity index is 1320. The van der Waals surface area contributed by atoms with E-state index in [0.717, 1.165) is 22.3 Å². The zero-order chi connectivity index (χ0) is 23.0. The summed E-state index contributed by atoms with van der Waals surface area (Å²) in [6, 6.07) is 28.4. The molecule has 33 heavy (non-hydrogen) atoms. The number of rotatable bonds is 6. The molecule has 0 heterocycles. The molecule has 162 valence electrons. The van der Waals surface area contributed by atoms with E-state index >= 15 is 0 Å². The molecule has 0 unspecified atom stereocenters. The van der Waals surface area contributed by atoms with Gasteiger partial charge in [0.2, 0.25) is 0 Å². The van der Waals surface area contributed by atoms with Crippen LogP contribution < -0.4 is 0 Å². The SMILES string of the molecule is C=CCc1c(O)ccc(C2(c3ccc(O)cc3)c3ccccc3-c3ccccc32)c1CC=C. The second-order valence-electron chi connectivity index (χ2n) is 8.46. The Balaban J connectivity index is 1.98. The van der Waals surface area contributed by atoms with Gasteiger partial charge in [0.05, 0.1) is 5.41 Å². The molecule has 1 aliphatic rings. The third-order valence-corrected chi connectivity index (χ3v) is 6.76. The van der Waals surface area contributed by atoms with Crippen LogP contribution in [0.3, 0.4) is 0 Å². The molecule has 2 heteroatoms. The lowest BCUT2D eigenvalue weighted by atomic mass is 9.65. The largest absolute Gasteiger partial charge is 0.508 e. The molecule has 4 aromatic carbocycles. The van der Waals surface area contributed by atoms with Crippen LogP contribution in [0, 0.1) is 0 Å². The van der Waals surface area contributed by atoms with Crippen LogP contribution in [0.2, 0.25) is 0 Å². The average molecular weight is 431 g/mol. The minimum atomic E-state index is -0.594. The van der Waals surface area contributed by atoms with Gasteiger partial charge >= 0.3 is 0 Å². The lowest BCUT2D eigenvalue weighted by molar-refractivity contribution is 0.468. The molecule has 0 spiro atoms. The molecule has 1 aliphatic carbocycles. The second kappa shape index (κ2) is 8.14. The Morgan fingerprint density at radius 2 is 1.15 bits per heavy atom. The standard InChI is InChI=1S/C31H26O2/c1-3-9-23-26(10-4-2)30(33)20-19-29(23)31(21-15-17-22(32)18-16-21)27-13-7-5-11-24(27)25-12-6-8-14-28(25)31/h3-8,11-20,32-33H,1-2,9-10H2. The summed E-state index contributed by atoms with van der Waals surface area (Å²) in [6.07, 6.45) is 4.91. The first kappa shape index (κ1) is 20.8. The normalized spacial score (nSPS) is 13.2. The summed E-state index contributed by atoms with van der Waals surface area (Å²) in [4.78, 5) is 0. The van der Waals surface area contributed by atoms with Gasteiger partial charge in [0.15, 0.2) is 0 Å². The second-order valence-corrected chi connectivity index (χ2v) is 8.46. The predicted octanol–water partition coefficient (Wildman–Crippen LogP) is 6.92. The molecular formula is C31H26O2. The van der Waals surface area contributed by atoms with E-state index in [4.69, 9.17) is 0 Å². The van der Waals surface area contributed by atoms with E-state index in [1.807, 2.05) is 30.4 Å². The maximum atomic E-state index is 10.8. The van der Waals surface area contributed by atoms with Gasteiger partial charge in [-0.05, 0) is 70.0 Å². The molecule has 0 atom stereocenters. The Kier molecular flexibility index (Phi) is 5.14. The van der Waals surface area contributed by atoms with Gasteiger partial charge in [0, 0.05) is 5.56 Å². The van der Waals surface area contributed by atoms with Crippen molar-refractivity contribution in [2.45, 2.75) is 18.3 Å². The van der Waals surface area contributed by atoms with Crippen LogP contribution in [0.4, 0.5) is 0 Å². The van der Waals surface area contributed by atoms with Crippen LogP contribution in [0.5, 0.6) is 11.5 Å². The Morgan fingerprint density at radius 3 is 1.73 bits per heavy atom. The van der Waals surface area contributed by atoms with Crippen molar-refractivity contribution in [2.24, 2.45) is 0 Å². The number of aromatic hydroxyl groups is 2. The van der Waals surface area contributed by atoms with E-state index in [2.05, 4.69) is 61.7 Å². The summed E-state index contributed by atoms with van der Waals surface area (Å²) in [5, 5.41) is 20.9. The van der Waals surface area contributed by atoms with Crippen molar-refractivity contribution >= 4 is 0 Å². The third-order valence-electron chi connectivity index (χ3n) is 6.76. The highest BCUT2D eigenvalue weighted by Gasteiger charge is 2.47. The lowest BCUT2D eigenvalue weighted by Gasteiger charge is -2.36. The predicted molar refractivity (Wildman–Crippen MR) is 135 cm³/mol. The summed E-state index contributed by atoms with van der Waals surface area (Å²) >= 11 is 0. The molecule has 5 rings (SSSR count). The van der Waals surface area contributed by atoms with Crippen LogP contribution in [0.15, 0.2) is 110 Å². The highest BCUT2D eigenvalue weighted by molar-refractivity contribution is 5.86. The van der Waals surface area contributed by atoms with Crippen molar-refractivity contribution in [3.8, 4) is 22.6 Å². The quantitative estimate of drug-likeness (QED) is 0.287. The fourth-order valence-corrected chi connectivity index (χ4v) is 5.48. The third kappa shape index (κ3) is 3.02. The van der Waals surface area contributed by atoms with Crippen LogP contribution >= 0.6 is 0 Å². The van der Waals surface area contributed by atoms with E-state index in [9.17, 15) is 10.2 Å². The molecule has 0 radical (unpaired) electrons. The molecule has 2 nitrogen and oxygen atoms in total. The van der Waals surface area contributed by atoms with Gasteiger partial charge in [-0.2, -0.15) is 0 Å². The van der Waals surface area contributed by atoms with Gasteiger partial charge in [-0.1, -0.05) is 78.9 Å². The van der Waals surface area contributed by atoms with Crippen LogP contribution in [0.25, 0.3) is 11.1 Å². The maximum absolute atomic E-state index is 10.8. The molecular weight excluding hydrogens is 404 g/mol. The molecule has 0 saturated heterocycles. The van der Waals surface area contributed by atoms with Crippen molar-refractivity contribution in [1.82, 2.24) is 0 Å². The average Bonchev–Trinajstić information content (AvgIpc) is 3.14. The summed E-state index contributed by atoms with van der Waals surface area (Å²) in [6.45, 7) is 7.93. The van der Waals surface area contributed by atoms with E-state index in [1.165, 1.54) is 22.3 Å². The lowest BCUT2D eigenvalue weighted by Crippen LogP contribution is -2.30. The molecule has 0 fully saturated rings. The van der Waals surface area contributed by atoms with Gasteiger partial charge in [-0.25, -0.2) is 0 Å². The van der Waals surface area contributed by atoms with Crippen LogP contribution in [-0.4, -0.2) is 10.2 Å². The van der Waals surface area contributed by atoms with E-state index in [0.29, 0.717) is 12.8 Å². The van der Waals surface area contributed by atoms with Crippen molar-refractivity contribution in [1.29, 1.82) is 0 Å². The van der Waals surface area contributed by atoms with Crippen LogP contribution in [-0.2, 0) is 18.3 Å². The minimum absolute atomic E-state index is 0.234. The van der Waals surface area contributed by atoms with E-state index < -0.39 is 5.41 Å². The molecule has 0 aromatic heterocycles. The molecule has 2 N–H and O–H groups in total. The molecule has 0 saturated carbocycles. The molecule has 4 aromatic rings. The number of phenols is 2. The fraction of sp³-hybridized carbons (Fsp3) is 0.0968. The highest BCUT2D eigenvalue weighted by Crippen LogP contribution is 2.57. The molecule has 0 amide bonds. The van der Waals surface area contributed by atoms with E-state index in [-0.39, 0.29) is 11.5 Å². The minimum Gasteiger partial charge on any atom is -0.508 e. The fourth-order valence-electron chi connectivity index (χ4n) is 5.48. The summed E-state index contributed by atoms with van der Waals surface area (Å²) < 4.78 is 0. The smallest absolute Gasteiger partial charge is 0.119 e. The zero-order valence-corrected chi connectivity index (χ0v) is 18.5. The number of hydrogen-bond acceptors (Lipinski definition) is 2. The molecule has 0 aliphatic heterocycles. The Hall–Kier alpha value is -4.04. The summed E-state index contributed by atoms with van der Waals surface area (Å²) in [5.74, 6) is 0.508. The highest BCUT2D eigenvalue weighted by atomic mass is 16.3. The maximum Gasteiger partial charge on any atom is 0.119 e. The van der Waals surface area contributed by atoms with Crippen molar-refractivity contribution in [3.05, 3.63) is 144 Å². The summed E-state index contributed by atoms with van der Waals surface area (Å²) in [5.41, 5.74) is 8.30. The van der Waals surface area contributed by atoms with Gasteiger partial charge < -0.3 is 10.2 Å². The first-order valence-corrected chi connectivity index (χ1v) is 11.2. The number of fused-ring (bicyclic) bond motifs is 3. The molecule has 0 bridgehead atoms. The number of phenolic OH excluding ortho intramolecular Hbond substituents is 2. The summed E-state index contributed by atoms with van der Waals surface area (Å²) in [7, 11) is 0. The van der Waals surface area contributed by atoms with Crippen molar-refractivity contribution in [2.75, 3.05) is 0 Å². The Labute approximate surface area is 194 Å². The number of allylic oxidation sites excluding steroid dienone is 2. The zero-order valence-electron chi connectivity index (χ0n) is 18.5. The van der Waals surface area contributed by atoms with Gasteiger partial charge in [-0.3, -0.25) is 0 Å². The van der Waals surface area contributed by atoms with Crippen molar-refractivity contribution < 1.29 is 10.2 Å². The van der Waals surface area contributed by atoms with Gasteiger partial charge in [-0.15, -0.1) is 13.2 Å². The monoisotopic (exact) mass is 430 g/mol. The number of benzene rings is 4. The van der Waals surface area contributed by atoms with Crippen molar-refractivity contribution in [3.63, 3.8) is 0 Å². The Morgan fingerprint density at radius 1 is 0.606 bits per heavy atom. The number of hydrogen-bond donors (Lipinski definition) is 2. The van der Waals surface area contributed by atoms with E-state index in [1.54, 1.807) is 18.2 Å². The van der Waals surface area contributed by atoms with Crippen LogP contribution in [0.1, 0.15) is 33.4 Å².